The first-order valence-electron chi connectivity index (χ1n) is 5.03. The molecule has 3 N–H and O–H groups in total. The van der Waals surface area contributed by atoms with E-state index in [1.54, 1.807) is 6.20 Å². The van der Waals surface area contributed by atoms with Crippen LogP contribution < -0.4 is 11.1 Å². The number of aromatic nitrogens is 2. The van der Waals surface area contributed by atoms with Crippen LogP contribution in [0.5, 0.6) is 0 Å². The first kappa shape index (κ1) is 9.40. The van der Waals surface area contributed by atoms with Gasteiger partial charge in [0, 0.05) is 12.6 Å². The summed E-state index contributed by atoms with van der Waals surface area (Å²) < 4.78 is 0. The lowest BCUT2D eigenvalue weighted by molar-refractivity contribution is 0.280. The van der Waals surface area contributed by atoms with Crippen LogP contribution in [-0.4, -0.2) is 22.8 Å². The minimum absolute atomic E-state index is 0.422. The van der Waals surface area contributed by atoms with E-state index in [0.717, 1.165) is 30.8 Å². The summed E-state index contributed by atoms with van der Waals surface area (Å²) in [5.41, 5.74) is 6.84. The molecule has 1 aliphatic carbocycles. The number of aryl methyl sites for hydroxylation is 1. The molecule has 0 aliphatic heterocycles. The van der Waals surface area contributed by atoms with Crippen molar-refractivity contribution in [1.82, 2.24) is 10.2 Å². The van der Waals surface area contributed by atoms with E-state index in [-0.39, 0.29) is 0 Å². The summed E-state index contributed by atoms with van der Waals surface area (Å²) in [5.74, 6) is 1.58. The number of hydrogen-bond acceptors (Lipinski definition) is 4. The van der Waals surface area contributed by atoms with Gasteiger partial charge >= 0.3 is 0 Å². The maximum absolute atomic E-state index is 5.71. The van der Waals surface area contributed by atoms with Crippen LogP contribution >= 0.6 is 0 Å². The van der Waals surface area contributed by atoms with Gasteiger partial charge in [-0.25, -0.2) is 0 Å². The molecule has 0 spiro atoms. The van der Waals surface area contributed by atoms with Crippen molar-refractivity contribution in [2.75, 3.05) is 11.9 Å². The van der Waals surface area contributed by atoms with Crippen molar-refractivity contribution in [2.45, 2.75) is 25.8 Å². The third-order valence-corrected chi connectivity index (χ3v) is 2.64. The van der Waals surface area contributed by atoms with Crippen molar-refractivity contribution in [2.24, 2.45) is 11.7 Å². The SMILES string of the molecule is Cc1cnnc(NCC2CC(N)C2)c1. The summed E-state index contributed by atoms with van der Waals surface area (Å²) in [6.07, 6.45) is 4.02. The van der Waals surface area contributed by atoms with Gasteiger partial charge in [-0.1, -0.05) is 0 Å². The molecule has 2 rings (SSSR count). The molecule has 1 aliphatic rings. The van der Waals surface area contributed by atoms with E-state index >= 15 is 0 Å². The summed E-state index contributed by atoms with van der Waals surface area (Å²) in [7, 11) is 0. The van der Waals surface area contributed by atoms with E-state index in [4.69, 9.17) is 5.73 Å². The Balaban J connectivity index is 1.80. The number of rotatable bonds is 3. The minimum Gasteiger partial charge on any atom is -0.368 e. The Hall–Kier alpha value is -1.16. The summed E-state index contributed by atoms with van der Waals surface area (Å²) >= 11 is 0. The second kappa shape index (κ2) is 3.92. The van der Waals surface area contributed by atoms with Gasteiger partial charge in [-0.2, -0.15) is 5.10 Å². The Morgan fingerprint density at radius 2 is 2.36 bits per heavy atom. The highest BCUT2D eigenvalue weighted by atomic mass is 15.2. The van der Waals surface area contributed by atoms with E-state index in [1.807, 2.05) is 13.0 Å². The van der Waals surface area contributed by atoms with Crippen molar-refractivity contribution in [1.29, 1.82) is 0 Å². The van der Waals surface area contributed by atoms with Crippen LogP contribution in [0.4, 0.5) is 5.82 Å². The predicted octanol–water partition coefficient (Wildman–Crippen LogP) is 0.934. The van der Waals surface area contributed by atoms with Crippen LogP contribution in [0.15, 0.2) is 12.3 Å². The first-order chi connectivity index (χ1) is 6.74. The molecule has 1 heterocycles. The third kappa shape index (κ3) is 2.20. The number of nitrogens with two attached hydrogens (primary N) is 1. The van der Waals surface area contributed by atoms with Crippen molar-refractivity contribution in [3.05, 3.63) is 17.8 Å². The molecular weight excluding hydrogens is 176 g/mol. The molecule has 4 heteroatoms. The van der Waals surface area contributed by atoms with Gasteiger partial charge in [0.2, 0.25) is 0 Å². The van der Waals surface area contributed by atoms with E-state index < -0.39 is 0 Å². The lowest BCUT2D eigenvalue weighted by Gasteiger charge is -2.32. The zero-order valence-corrected chi connectivity index (χ0v) is 8.40. The van der Waals surface area contributed by atoms with Crippen LogP contribution in [0, 0.1) is 12.8 Å². The van der Waals surface area contributed by atoms with Crippen molar-refractivity contribution in [3.63, 3.8) is 0 Å². The molecule has 0 atom stereocenters. The zero-order chi connectivity index (χ0) is 9.97. The fourth-order valence-electron chi connectivity index (χ4n) is 1.75. The van der Waals surface area contributed by atoms with Crippen LogP contribution in [-0.2, 0) is 0 Å². The number of nitrogens with zero attached hydrogens (tertiary/aromatic N) is 2. The van der Waals surface area contributed by atoms with Gasteiger partial charge in [0.25, 0.3) is 0 Å². The van der Waals surface area contributed by atoms with E-state index in [0.29, 0.717) is 12.0 Å². The lowest BCUT2D eigenvalue weighted by Crippen LogP contribution is -2.39. The molecule has 1 aromatic heterocycles. The Kier molecular flexibility index (Phi) is 2.63. The molecule has 14 heavy (non-hydrogen) atoms. The van der Waals surface area contributed by atoms with Crippen molar-refractivity contribution < 1.29 is 0 Å². The van der Waals surface area contributed by atoms with Gasteiger partial charge < -0.3 is 11.1 Å². The molecule has 4 nitrogen and oxygen atoms in total. The maximum Gasteiger partial charge on any atom is 0.148 e. The number of nitrogens with one attached hydrogen (secondary N) is 1. The van der Waals surface area contributed by atoms with Crippen molar-refractivity contribution in [3.8, 4) is 0 Å². The average Bonchev–Trinajstić information content (AvgIpc) is 2.11. The molecular formula is C10H16N4. The Bertz CT molecular complexity index is 307. The summed E-state index contributed by atoms with van der Waals surface area (Å²) in [5, 5.41) is 11.2. The zero-order valence-electron chi connectivity index (χ0n) is 8.40. The molecule has 0 unspecified atom stereocenters. The monoisotopic (exact) mass is 192 g/mol. The van der Waals surface area contributed by atoms with Gasteiger partial charge in [-0.15, -0.1) is 5.10 Å². The molecule has 0 aromatic carbocycles. The normalized spacial score (nSPS) is 25.6. The molecule has 1 fully saturated rings. The fraction of sp³-hybridized carbons (Fsp3) is 0.600. The number of anilines is 1. The highest BCUT2D eigenvalue weighted by molar-refractivity contribution is 5.35. The fourth-order valence-corrected chi connectivity index (χ4v) is 1.75. The molecule has 1 saturated carbocycles. The predicted molar refractivity (Wildman–Crippen MR) is 56.0 cm³/mol. The quantitative estimate of drug-likeness (QED) is 0.748. The average molecular weight is 192 g/mol. The third-order valence-electron chi connectivity index (χ3n) is 2.64. The smallest absolute Gasteiger partial charge is 0.148 e. The molecule has 0 bridgehead atoms. The van der Waals surface area contributed by atoms with E-state index in [2.05, 4.69) is 15.5 Å². The topological polar surface area (TPSA) is 63.8 Å². The summed E-state index contributed by atoms with van der Waals surface area (Å²) in [6.45, 7) is 2.98. The Labute approximate surface area is 83.9 Å². The molecule has 0 saturated heterocycles. The van der Waals surface area contributed by atoms with Crippen LogP contribution in [0.25, 0.3) is 0 Å². The second-order valence-corrected chi connectivity index (χ2v) is 4.10. The van der Waals surface area contributed by atoms with Crippen molar-refractivity contribution >= 4 is 5.82 Å². The summed E-state index contributed by atoms with van der Waals surface area (Å²) in [4.78, 5) is 0. The lowest BCUT2D eigenvalue weighted by atomic mass is 9.81. The highest BCUT2D eigenvalue weighted by Crippen LogP contribution is 2.25. The second-order valence-electron chi connectivity index (χ2n) is 4.10. The van der Waals surface area contributed by atoms with Crippen LogP contribution in [0.1, 0.15) is 18.4 Å². The van der Waals surface area contributed by atoms with Gasteiger partial charge in [0.1, 0.15) is 5.82 Å². The summed E-state index contributed by atoms with van der Waals surface area (Å²) in [6, 6.07) is 2.43. The minimum atomic E-state index is 0.422. The molecule has 0 amide bonds. The first-order valence-corrected chi connectivity index (χ1v) is 5.03. The Morgan fingerprint density at radius 1 is 1.57 bits per heavy atom. The molecule has 0 radical (unpaired) electrons. The van der Waals surface area contributed by atoms with Gasteiger partial charge in [0.05, 0.1) is 6.20 Å². The van der Waals surface area contributed by atoms with Crippen LogP contribution in [0.3, 0.4) is 0 Å². The number of hydrogen-bond donors (Lipinski definition) is 2. The largest absolute Gasteiger partial charge is 0.368 e. The Morgan fingerprint density at radius 3 is 3.00 bits per heavy atom. The standard InChI is InChI=1S/C10H16N4/c1-7-2-10(14-13-5-7)12-6-8-3-9(11)4-8/h2,5,8-9H,3-4,6,11H2,1H3,(H,12,14). The molecule has 1 aromatic rings. The highest BCUT2D eigenvalue weighted by Gasteiger charge is 2.25. The van der Waals surface area contributed by atoms with E-state index in [9.17, 15) is 0 Å². The van der Waals surface area contributed by atoms with Gasteiger partial charge in [-0.3, -0.25) is 0 Å². The van der Waals surface area contributed by atoms with Crippen LogP contribution in [0.2, 0.25) is 0 Å². The maximum atomic E-state index is 5.71. The van der Waals surface area contributed by atoms with E-state index in [1.165, 1.54) is 0 Å². The molecule has 76 valence electrons. The van der Waals surface area contributed by atoms with Gasteiger partial charge in [-0.05, 0) is 37.3 Å². The van der Waals surface area contributed by atoms with Gasteiger partial charge in [0.15, 0.2) is 0 Å².